The van der Waals surface area contributed by atoms with Gasteiger partial charge in [0.1, 0.15) is 18.1 Å². The molecular formula is C13H15NO5. The van der Waals surface area contributed by atoms with Crippen LogP contribution in [0.4, 0.5) is 5.69 Å². The average Bonchev–Trinajstić information content (AvgIpc) is 2.43. The van der Waals surface area contributed by atoms with Crippen molar-refractivity contribution in [3.8, 4) is 11.5 Å². The first kappa shape index (κ1) is 13.2. The lowest BCUT2D eigenvalue weighted by atomic mass is 10.2. The van der Waals surface area contributed by atoms with E-state index in [4.69, 9.17) is 4.74 Å². The lowest BCUT2D eigenvalue weighted by Gasteiger charge is -2.29. The molecule has 1 aliphatic rings. The van der Waals surface area contributed by atoms with Crippen molar-refractivity contribution in [2.45, 2.75) is 12.8 Å². The number of ether oxygens (including phenoxy) is 2. The van der Waals surface area contributed by atoms with Crippen LogP contribution in [0.15, 0.2) is 18.2 Å². The fourth-order valence-corrected chi connectivity index (χ4v) is 1.91. The lowest BCUT2D eigenvalue weighted by molar-refractivity contribution is -0.141. The van der Waals surface area contributed by atoms with Gasteiger partial charge in [0.2, 0.25) is 5.91 Å². The molecule has 1 aromatic rings. The number of methoxy groups -OCH3 is 1. The minimum Gasteiger partial charge on any atom is -0.508 e. The largest absolute Gasteiger partial charge is 0.508 e. The van der Waals surface area contributed by atoms with Gasteiger partial charge in [-0.05, 0) is 12.1 Å². The number of nitrogens with zero attached hydrogens (tertiary/aromatic N) is 1. The van der Waals surface area contributed by atoms with E-state index >= 15 is 0 Å². The number of aromatic hydroxyl groups is 1. The Morgan fingerprint density at radius 2 is 2.21 bits per heavy atom. The van der Waals surface area contributed by atoms with E-state index in [9.17, 15) is 14.7 Å². The van der Waals surface area contributed by atoms with Crippen molar-refractivity contribution in [1.82, 2.24) is 0 Å². The monoisotopic (exact) mass is 265 g/mol. The van der Waals surface area contributed by atoms with Crippen molar-refractivity contribution in [2.24, 2.45) is 0 Å². The zero-order chi connectivity index (χ0) is 13.8. The summed E-state index contributed by atoms with van der Waals surface area (Å²) in [5, 5.41) is 9.38. The summed E-state index contributed by atoms with van der Waals surface area (Å²) >= 11 is 0. The van der Waals surface area contributed by atoms with Crippen LogP contribution in [0.2, 0.25) is 0 Å². The number of rotatable bonds is 3. The third-order valence-corrected chi connectivity index (χ3v) is 2.88. The Bertz CT molecular complexity index is 500. The molecule has 1 N–H and O–H groups in total. The Morgan fingerprint density at radius 1 is 1.42 bits per heavy atom. The van der Waals surface area contributed by atoms with E-state index in [1.807, 2.05) is 0 Å². The van der Waals surface area contributed by atoms with Gasteiger partial charge in [0.05, 0.1) is 25.8 Å². The molecule has 1 aliphatic heterocycles. The van der Waals surface area contributed by atoms with E-state index < -0.39 is 5.97 Å². The van der Waals surface area contributed by atoms with Crippen molar-refractivity contribution in [2.75, 3.05) is 25.2 Å². The van der Waals surface area contributed by atoms with Crippen LogP contribution in [0.25, 0.3) is 0 Å². The number of amides is 1. The van der Waals surface area contributed by atoms with E-state index in [-0.39, 0.29) is 24.5 Å². The highest BCUT2D eigenvalue weighted by molar-refractivity contribution is 5.96. The van der Waals surface area contributed by atoms with Crippen LogP contribution < -0.4 is 9.64 Å². The van der Waals surface area contributed by atoms with Crippen molar-refractivity contribution >= 4 is 17.6 Å². The molecule has 0 fully saturated rings. The van der Waals surface area contributed by atoms with Gasteiger partial charge in [0.15, 0.2) is 0 Å². The van der Waals surface area contributed by atoms with E-state index in [1.165, 1.54) is 19.2 Å². The molecule has 0 unspecified atom stereocenters. The van der Waals surface area contributed by atoms with Crippen LogP contribution in [0.5, 0.6) is 11.5 Å². The highest BCUT2D eigenvalue weighted by atomic mass is 16.5. The van der Waals surface area contributed by atoms with Gasteiger partial charge in [-0.1, -0.05) is 0 Å². The molecule has 0 atom stereocenters. The van der Waals surface area contributed by atoms with Gasteiger partial charge in [-0.2, -0.15) is 0 Å². The van der Waals surface area contributed by atoms with Gasteiger partial charge in [-0.3, -0.25) is 9.59 Å². The smallest absolute Gasteiger partial charge is 0.306 e. The highest BCUT2D eigenvalue weighted by Crippen LogP contribution is 2.34. The molecule has 102 valence electrons. The van der Waals surface area contributed by atoms with Crippen molar-refractivity contribution in [3.63, 3.8) is 0 Å². The molecule has 2 rings (SSSR count). The topological polar surface area (TPSA) is 76.1 Å². The van der Waals surface area contributed by atoms with Gasteiger partial charge < -0.3 is 19.5 Å². The maximum Gasteiger partial charge on any atom is 0.306 e. The zero-order valence-electron chi connectivity index (χ0n) is 10.6. The molecule has 1 aromatic carbocycles. The molecule has 1 heterocycles. The van der Waals surface area contributed by atoms with E-state index in [0.29, 0.717) is 24.6 Å². The van der Waals surface area contributed by atoms with Gasteiger partial charge in [-0.25, -0.2) is 0 Å². The molecule has 1 amide bonds. The molecule has 0 saturated heterocycles. The molecule has 0 radical (unpaired) electrons. The van der Waals surface area contributed by atoms with Crippen LogP contribution in [0, 0.1) is 0 Å². The van der Waals surface area contributed by atoms with Crippen molar-refractivity contribution in [3.05, 3.63) is 18.2 Å². The van der Waals surface area contributed by atoms with E-state index in [1.54, 1.807) is 11.0 Å². The Balaban J connectivity index is 2.10. The molecule has 0 aromatic heterocycles. The second kappa shape index (κ2) is 5.60. The fraction of sp³-hybridized carbons (Fsp3) is 0.385. The standard InChI is InChI=1S/C13H15NO5/c1-18-13(17)5-4-12(16)14-6-7-19-11-8-9(15)2-3-10(11)14/h2-3,8,15H,4-7H2,1H3. The van der Waals surface area contributed by atoms with Crippen LogP contribution in [-0.2, 0) is 14.3 Å². The molecule has 0 spiro atoms. The van der Waals surface area contributed by atoms with E-state index in [2.05, 4.69) is 4.74 Å². The molecule has 6 nitrogen and oxygen atoms in total. The molecule has 0 aliphatic carbocycles. The number of fused-ring (bicyclic) bond motifs is 1. The molecule has 19 heavy (non-hydrogen) atoms. The van der Waals surface area contributed by atoms with Gasteiger partial charge in [0.25, 0.3) is 0 Å². The molecular weight excluding hydrogens is 250 g/mol. The Labute approximate surface area is 110 Å². The summed E-state index contributed by atoms with van der Waals surface area (Å²) < 4.78 is 9.89. The lowest BCUT2D eigenvalue weighted by Crippen LogP contribution is -2.38. The Hall–Kier alpha value is -2.24. The SMILES string of the molecule is COC(=O)CCC(=O)N1CCOc2cc(O)ccc21. The number of hydrogen-bond donors (Lipinski definition) is 1. The molecule has 0 saturated carbocycles. The number of anilines is 1. The predicted octanol–water partition coefficient (Wildman–Crippen LogP) is 1.07. The molecule has 6 heteroatoms. The fourth-order valence-electron chi connectivity index (χ4n) is 1.91. The number of benzene rings is 1. The number of phenolic OH excluding ortho intramolecular Hbond substituents is 1. The summed E-state index contributed by atoms with van der Waals surface area (Å²) in [6, 6.07) is 4.59. The van der Waals surface area contributed by atoms with Crippen LogP contribution in [-0.4, -0.2) is 37.2 Å². The summed E-state index contributed by atoms with van der Waals surface area (Å²) in [5.41, 5.74) is 0.610. The summed E-state index contributed by atoms with van der Waals surface area (Å²) in [4.78, 5) is 24.7. The predicted molar refractivity (Wildman–Crippen MR) is 67.2 cm³/mol. The second-order valence-electron chi connectivity index (χ2n) is 4.12. The first-order valence-electron chi connectivity index (χ1n) is 5.95. The molecule has 0 bridgehead atoms. The van der Waals surface area contributed by atoms with E-state index in [0.717, 1.165) is 0 Å². The quantitative estimate of drug-likeness (QED) is 0.827. The summed E-state index contributed by atoms with van der Waals surface area (Å²) in [6.45, 7) is 0.790. The number of phenols is 1. The second-order valence-corrected chi connectivity index (χ2v) is 4.12. The minimum absolute atomic E-state index is 0.0557. The van der Waals surface area contributed by atoms with Gasteiger partial charge >= 0.3 is 5.97 Å². The van der Waals surface area contributed by atoms with Crippen molar-refractivity contribution in [1.29, 1.82) is 0 Å². The average molecular weight is 265 g/mol. The van der Waals surface area contributed by atoms with Gasteiger partial charge in [-0.15, -0.1) is 0 Å². The maximum atomic E-state index is 12.1. The van der Waals surface area contributed by atoms with Crippen LogP contribution in [0.3, 0.4) is 0 Å². The first-order chi connectivity index (χ1) is 9.11. The highest BCUT2D eigenvalue weighted by Gasteiger charge is 2.24. The third-order valence-electron chi connectivity index (χ3n) is 2.88. The first-order valence-corrected chi connectivity index (χ1v) is 5.95. The third kappa shape index (κ3) is 2.96. The Kier molecular flexibility index (Phi) is 3.89. The maximum absolute atomic E-state index is 12.1. The number of carbonyl (C=O) groups excluding carboxylic acids is 2. The Morgan fingerprint density at radius 3 is 2.95 bits per heavy atom. The number of hydrogen-bond acceptors (Lipinski definition) is 5. The number of carbonyl (C=O) groups is 2. The van der Waals surface area contributed by atoms with Crippen LogP contribution >= 0.6 is 0 Å². The summed E-state index contributed by atoms with van der Waals surface area (Å²) in [5.74, 6) is -0.0199. The number of esters is 1. The van der Waals surface area contributed by atoms with Crippen LogP contribution in [0.1, 0.15) is 12.8 Å². The van der Waals surface area contributed by atoms with Crippen molar-refractivity contribution < 1.29 is 24.2 Å². The summed E-state index contributed by atoms with van der Waals surface area (Å²) in [7, 11) is 1.29. The minimum atomic E-state index is -0.410. The normalized spacial score (nSPS) is 13.4. The zero-order valence-corrected chi connectivity index (χ0v) is 10.6. The van der Waals surface area contributed by atoms with Gasteiger partial charge in [0, 0.05) is 12.5 Å². The summed E-state index contributed by atoms with van der Waals surface area (Å²) in [6.07, 6.45) is 0.146.